The second-order valence-electron chi connectivity index (χ2n) is 3.57. The van der Waals surface area contributed by atoms with Crippen molar-refractivity contribution >= 4 is 5.91 Å². The van der Waals surface area contributed by atoms with Gasteiger partial charge in [-0.05, 0) is 6.42 Å². The molecule has 0 atom stereocenters. The van der Waals surface area contributed by atoms with E-state index in [1.54, 1.807) is 0 Å². The monoisotopic (exact) mass is 257 g/mol. The predicted molar refractivity (Wildman–Crippen MR) is 55.4 cm³/mol. The lowest BCUT2D eigenvalue weighted by molar-refractivity contribution is -0.178. The molecular formula is C10H18F3NO3. The van der Waals surface area contributed by atoms with Crippen molar-refractivity contribution in [3.63, 3.8) is 0 Å². The van der Waals surface area contributed by atoms with Gasteiger partial charge in [0.15, 0.2) is 0 Å². The van der Waals surface area contributed by atoms with Crippen LogP contribution in [-0.4, -0.2) is 55.0 Å². The normalized spacial score (nSPS) is 11.6. The summed E-state index contributed by atoms with van der Waals surface area (Å²) in [4.78, 5) is 12.8. The molecular weight excluding hydrogens is 239 g/mol. The molecule has 4 nitrogen and oxygen atoms in total. The van der Waals surface area contributed by atoms with Crippen LogP contribution in [0.5, 0.6) is 0 Å². The Balaban J connectivity index is 3.96. The molecule has 1 amide bonds. The number of aliphatic hydroxyl groups is 1. The lowest BCUT2D eigenvalue weighted by atomic mass is 10.3. The fraction of sp³-hybridized carbons (Fsp3) is 0.900. The van der Waals surface area contributed by atoms with Gasteiger partial charge in [0.1, 0.15) is 13.2 Å². The van der Waals surface area contributed by atoms with E-state index in [-0.39, 0.29) is 13.2 Å². The Kier molecular flexibility index (Phi) is 7.90. The van der Waals surface area contributed by atoms with E-state index in [1.807, 2.05) is 6.92 Å². The fourth-order valence-corrected chi connectivity index (χ4v) is 1.18. The van der Waals surface area contributed by atoms with Gasteiger partial charge in [-0.3, -0.25) is 4.79 Å². The molecule has 0 aromatic heterocycles. The second-order valence-corrected chi connectivity index (χ2v) is 3.57. The maximum atomic E-state index is 11.8. The van der Waals surface area contributed by atoms with Gasteiger partial charge >= 0.3 is 6.18 Å². The Morgan fingerprint density at radius 3 is 2.47 bits per heavy atom. The van der Waals surface area contributed by atoms with Crippen molar-refractivity contribution in [3.8, 4) is 0 Å². The van der Waals surface area contributed by atoms with Crippen molar-refractivity contribution in [2.45, 2.75) is 25.9 Å². The molecule has 1 N–H and O–H groups in total. The molecule has 0 rings (SSSR count). The molecule has 102 valence electrons. The number of carbonyl (C=O) groups is 1. The number of hydrogen-bond acceptors (Lipinski definition) is 3. The third kappa shape index (κ3) is 8.93. The van der Waals surface area contributed by atoms with E-state index in [0.717, 1.165) is 12.8 Å². The van der Waals surface area contributed by atoms with Gasteiger partial charge < -0.3 is 14.7 Å². The van der Waals surface area contributed by atoms with Crippen LogP contribution in [0.2, 0.25) is 0 Å². The van der Waals surface area contributed by atoms with E-state index >= 15 is 0 Å². The summed E-state index contributed by atoms with van der Waals surface area (Å²) in [6, 6.07) is 0. The summed E-state index contributed by atoms with van der Waals surface area (Å²) in [5.41, 5.74) is 0. The highest BCUT2D eigenvalue weighted by molar-refractivity contribution is 5.77. The molecule has 0 aromatic rings. The van der Waals surface area contributed by atoms with Crippen molar-refractivity contribution in [1.29, 1.82) is 0 Å². The molecule has 0 unspecified atom stereocenters. The van der Waals surface area contributed by atoms with Crippen molar-refractivity contribution < 1.29 is 27.8 Å². The lowest BCUT2D eigenvalue weighted by Gasteiger charge is -2.21. The quantitative estimate of drug-likeness (QED) is 0.710. The molecule has 0 aliphatic rings. The van der Waals surface area contributed by atoms with Gasteiger partial charge in [-0.1, -0.05) is 13.3 Å². The summed E-state index contributed by atoms with van der Waals surface area (Å²) in [6.45, 7) is 0.221. The summed E-state index contributed by atoms with van der Waals surface area (Å²) in [5, 5.41) is 8.72. The first-order valence-corrected chi connectivity index (χ1v) is 5.43. The highest BCUT2D eigenvalue weighted by atomic mass is 19.4. The number of halogens is 3. The molecule has 0 aromatic carbocycles. The molecule has 0 radical (unpaired) electrons. The molecule has 0 aliphatic heterocycles. The van der Waals surface area contributed by atoms with Gasteiger partial charge in [0.2, 0.25) is 5.91 Å². The van der Waals surface area contributed by atoms with E-state index in [9.17, 15) is 18.0 Å². The third-order valence-electron chi connectivity index (χ3n) is 2.00. The van der Waals surface area contributed by atoms with E-state index in [4.69, 9.17) is 5.11 Å². The SMILES string of the molecule is CCCCN(CCO)C(=O)COCC(F)(F)F. The van der Waals surface area contributed by atoms with Crippen molar-refractivity contribution in [1.82, 2.24) is 4.90 Å². The summed E-state index contributed by atoms with van der Waals surface area (Å²) in [6.07, 6.45) is -2.82. The van der Waals surface area contributed by atoms with Crippen LogP contribution in [0.15, 0.2) is 0 Å². The zero-order valence-corrected chi connectivity index (χ0v) is 9.79. The van der Waals surface area contributed by atoms with Crippen LogP contribution >= 0.6 is 0 Å². The fourth-order valence-electron chi connectivity index (χ4n) is 1.18. The van der Waals surface area contributed by atoms with Crippen LogP contribution in [0.4, 0.5) is 13.2 Å². The number of alkyl halides is 3. The van der Waals surface area contributed by atoms with E-state index in [1.165, 1.54) is 4.90 Å². The largest absolute Gasteiger partial charge is 0.411 e. The highest BCUT2D eigenvalue weighted by Crippen LogP contribution is 2.14. The molecule has 0 saturated heterocycles. The third-order valence-corrected chi connectivity index (χ3v) is 2.00. The number of amides is 1. The van der Waals surface area contributed by atoms with Gasteiger partial charge in [0.05, 0.1) is 6.61 Å². The van der Waals surface area contributed by atoms with Crippen molar-refractivity contribution in [3.05, 3.63) is 0 Å². The van der Waals surface area contributed by atoms with E-state index in [0.29, 0.717) is 6.54 Å². The summed E-state index contributed by atoms with van der Waals surface area (Å²) >= 11 is 0. The maximum absolute atomic E-state index is 11.8. The Hall–Kier alpha value is -0.820. The second kappa shape index (κ2) is 8.30. The average Bonchev–Trinajstić information content (AvgIpc) is 2.22. The summed E-state index contributed by atoms with van der Waals surface area (Å²) < 4.78 is 39.6. The zero-order chi connectivity index (χ0) is 13.3. The number of ether oxygens (including phenoxy) is 1. The number of nitrogens with zero attached hydrogens (tertiary/aromatic N) is 1. The summed E-state index contributed by atoms with van der Waals surface area (Å²) in [7, 11) is 0. The van der Waals surface area contributed by atoms with Crippen LogP contribution < -0.4 is 0 Å². The van der Waals surface area contributed by atoms with Crippen molar-refractivity contribution in [2.75, 3.05) is 32.9 Å². The number of hydrogen-bond donors (Lipinski definition) is 1. The van der Waals surface area contributed by atoms with E-state index in [2.05, 4.69) is 4.74 Å². The minimum atomic E-state index is -4.43. The van der Waals surface area contributed by atoms with Gasteiger partial charge in [-0.25, -0.2) is 0 Å². The minimum Gasteiger partial charge on any atom is -0.395 e. The Bertz CT molecular complexity index is 221. The molecule has 0 heterocycles. The molecule has 7 heteroatoms. The van der Waals surface area contributed by atoms with E-state index < -0.39 is 25.3 Å². The number of aliphatic hydroxyl groups excluding tert-OH is 1. The van der Waals surface area contributed by atoms with Gasteiger partial charge in [0.25, 0.3) is 0 Å². The van der Waals surface area contributed by atoms with Crippen LogP contribution in [0.25, 0.3) is 0 Å². The maximum Gasteiger partial charge on any atom is 0.411 e. The zero-order valence-electron chi connectivity index (χ0n) is 9.79. The Morgan fingerprint density at radius 1 is 1.35 bits per heavy atom. The van der Waals surface area contributed by atoms with Crippen LogP contribution in [-0.2, 0) is 9.53 Å². The first-order valence-electron chi connectivity index (χ1n) is 5.43. The molecule has 0 fully saturated rings. The molecule has 0 saturated carbocycles. The number of carbonyl (C=O) groups excluding carboxylic acids is 1. The summed E-state index contributed by atoms with van der Waals surface area (Å²) in [5.74, 6) is -0.531. The highest BCUT2D eigenvalue weighted by Gasteiger charge is 2.28. The predicted octanol–water partition coefficient (Wildman–Crippen LogP) is 1.19. The lowest BCUT2D eigenvalue weighted by Crippen LogP contribution is -2.37. The molecule has 0 aliphatic carbocycles. The Labute approximate surface area is 98.3 Å². The first kappa shape index (κ1) is 16.2. The standard InChI is InChI=1S/C10H18F3NO3/c1-2-3-4-14(5-6-15)9(16)7-17-8-10(11,12)13/h15H,2-8H2,1H3. The molecule has 0 spiro atoms. The van der Waals surface area contributed by atoms with Crippen LogP contribution in [0.3, 0.4) is 0 Å². The first-order chi connectivity index (χ1) is 7.90. The van der Waals surface area contributed by atoms with Gasteiger partial charge in [-0.15, -0.1) is 0 Å². The Morgan fingerprint density at radius 2 is 2.00 bits per heavy atom. The van der Waals surface area contributed by atoms with Crippen molar-refractivity contribution in [2.24, 2.45) is 0 Å². The molecule has 0 bridgehead atoms. The van der Waals surface area contributed by atoms with Crippen LogP contribution in [0, 0.1) is 0 Å². The minimum absolute atomic E-state index is 0.119. The average molecular weight is 257 g/mol. The topological polar surface area (TPSA) is 49.8 Å². The van der Waals surface area contributed by atoms with Gasteiger partial charge in [0, 0.05) is 13.1 Å². The van der Waals surface area contributed by atoms with Gasteiger partial charge in [-0.2, -0.15) is 13.2 Å². The number of unbranched alkanes of at least 4 members (excludes halogenated alkanes) is 1. The van der Waals surface area contributed by atoms with Crippen LogP contribution in [0.1, 0.15) is 19.8 Å². The number of rotatable bonds is 8. The smallest absolute Gasteiger partial charge is 0.395 e. The molecule has 17 heavy (non-hydrogen) atoms.